The smallest absolute Gasteiger partial charge is 0.355 e. The molecule has 1 aliphatic heterocycles. The summed E-state index contributed by atoms with van der Waals surface area (Å²) < 4.78 is 7.00. The molecule has 0 aliphatic carbocycles. The van der Waals surface area contributed by atoms with Crippen molar-refractivity contribution < 1.29 is 19.4 Å². The second-order valence-corrected chi connectivity index (χ2v) is 13.7. The number of rotatable bonds is 11. The first-order valence-electron chi connectivity index (χ1n) is 16.2. The number of carboxylic acids is 1. The van der Waals surface area contributed by atoms with Gasteiger partial charge in [0.1, 0.15) is 17.8 Å². The highest BCUT2D eigenvalue weighted by atomic mass is 32.1. The molecule has 0 spiro atoms. The van der Waals surface area contributed by atoms with Crippen molar-refractivity contribution in [3.05, 3.63) is 106 Å². The Balaban J connectivity index is 0.999. The van der Waals surface area contributed by atoms with Crippen LogP contribution >= 0.6 is 22.7 Å². The maximum Gasteiger partial charge on any atom is 0.355 e. The number of carbonyl (C=O) groups excluding carboxylic acids is 1. The minimum absolute atomic E-state index is 0.0627. The van der Waals surface area contributed by atoms with Crippen molar-refractivity contribution in [3.63, 3.8) is 0 Å². The molecule has 6 aromatic rings. The van der Waals surface area contributed by atoms with E-state index in [1.54, 1.807) is 6.21 Å². The van der Waals surface area contributed by atoms with Crippen LogP contribution in [0.4, 0.5) is 16.0 Å². The molecule has 3 aromatic heterocycles. The summed E-state index contributed by atoms with van der Waals surface area (Å²) in [7, 11) is 0. The highest BCUT2D eigenvalue weighted by Gasteiger charge is 2.27. The Morgan fingerprint density at radius 1 is 1.04 bits per heavy atom. The van der Waals surface area contributed by atoms with Crippen LogP contribution < -0.4 is 15.0 Å². The molecule has 252 valence electrons. The fourth-order valence-corrected chi connectivity index (χ4v) is 7.93. The zero-order chi connectivity index (χ0) is 34.6. The minimum Gasteiger partial charge on any atom is -0.494 e. The van der Waals surface area contributed by atoms with Crippen molar-refractivity contribution in [2.75, 3.05) is 23.4 Å². The lowest BCUT2D eigenvalue weighted by Gasteiger charge is -2.29. The third-order valence-electron chi connectivity index (χ3n) is 8.40. The quantitative estimate of drug-likeness (QED) is 0.102. The summed E-state index contributed by atoms with van der Waals surface area (Å²) in [5, 5.41) is 14.1. The number of aliphatic imine (C=N–C) groups is 1. The molecule has 11 nitrogen and oxygen atoms in total. The van der Waals surface area contributed by atoms with Gasteiger partial charge in [-0.15, -0.1) is 11.3 Å². The number of para-hydroxylation sites is 1. The van der Waals surface area contributed by atoms with Gasteiger partial charge in [0.15, 0.2) is 16.0 Å². The Bertz CT molecular complexity index is 2200. The van der Waals surface area contributed by atoms with E-state index in [1.807, 2.05) is 80.6 Å². The van der Waals surface area contributed by atoms with Gasteiger partial charge in [0.2, 0.25) is 0 Å². The van der Waals surface area contributed by atoms with Crippen molar-refractivity contribution in [2.45, 2.75) is 39.7 Å². The van der Waals surface area contributed by atoms with Gasteiger partial charge < -0.3 is 14.7 Å². The van der Waals surface area contributed by atoms with Gasteiger partial charge in [0.25, 0.3) is 5.91 Å². The Kier molecular flexibility index (Phi) is 9.58. The van der Waals surface area contributed by atoms with E-state index in [-0.39, 0.29) is 11.6 Å². The fourth-order valence-electron chi connectivity index (χ4n) is 5.95. The number of hydrogen-bond donors (Lipinski definition) is 2. The monoisotopic (exact) mass is 703 g/mol. The second-order valence-electron chi connectivity index (χ2n) is 11.6. The summed E-state index contributed by atoms with van der Waals surface area (Å²) in [6.07, 6.45) is 5.10. The van der Waals surface area contributed by atoms with Crippen LogP contribution in [0.15, 0.2) is 78.0 Å². The van der Waals surface area contributed by atoms with Crippen molar-refractivity contribution in [3.8, 4) is 17.0 Å². The van der Waals surface area contributed by atoms with Gasteiger partial charge >= 0.3 is 5.97 Å². The Morgan fingerprint density at radius 2 is 1.88 bits per heavy atom. The molecule has 3 aromatic carbocycles. The molecule has 0 unspecified atom stereocenters. The number of fused-ring (bicyclic) bond motifs is 2. The molecule has 1 aliphatic rings. The summed E-state index contributed by atoms with van der Waals surface area (Å²) in [5.41, 5.74) is 6.70. The SMILES string of the molecule is C/C=N\c1c(C)ncnc1-c1ccc(OCCCc2sc(N3CCc4cccc(C(=O)Nc5nc6ccccc6s5)c4C3)nc2C(=O)O)cc1. The number of aromatic nitrogens is 4. The molecule has 0 radical (unpaired) electrons. The average molecular weight is 704 g/mol. The van der Waals surface area contributed by atoms with Gasteiger partial charge in [0, 0.05) is 35.3 Å². The minimum atomic E-state index is -1.06. The molecular weight excluding hydrogens is 671 g/mol. The third kappa shape index (κ3) is 6.96. The molecule has 0 fully saturated rings. The van der Waals surface area contributed by atoms with Crippen LogP contribution in [0, 0.1) is 6.92 Å². The molecule has 0 bridgehead atoms. The van der Waals surface area contributed by atoms with E-state index in [0.717, 1.165) is 44.0 Å². The number of benzene rings is 3. The molecule has 2 N–H and O–H groups in total. The average Bonchev–Trinajstić information content (AvgIpc) is 3.75. The third-order valence-corrected chi connectivity index (χ3v) is 10.5. The molecule has 0 saturated carbocycles. The van der Waals surface area contributed by atoms with E-state index in [1.165, 1.54) is 29.0 Å². The van der Waals surface area contributed by atoms with E-state index in [4.69, 9.17) is 4.74 Å². The zero-order valence-corrected chi connectivity index (χ0v) is 29.1. The predicted molar refractivity (Wildman–Crippen MR) is 198 cm³/mol. The number of carbonyl (C=O) groups is 2. The largest absolute Gasteiger partial charge is 0.494 e. The van der Waals surface area contributed by atoms with E-state index >= 15 is 0 Å². The summed E-state index contributed by atoms with van der Waals surface area (Å²) in [6.45, 7) is 5.29. The normalized spacial score (nSPS) is 12.7. The fraction of sp³-hybridized carbons (Fsp3) is 0.216. The topological polar surface area (TPSA) is 143 Å². The van der Waals surface area contributed by atoms with Crippen LogP contribution in [-0.2, 0) is 19.4 Å². The van der Waals surface area contributed by atoms with Crippen molar-refractivity contribution >= 4 is 66.9 Å². The van der Waals surface area contributed by atoms with Gasteiger partial charge in [-0.2, -0.15) is 0 Å². The van der Waals surface area contributed by atoms with E-state index in [9.17, 15) is 14.7 Å². The van der Waals surface area contributed by atoms with Gasteiger partial charge in [-0.25, -0.2) is 24.7 Å². The highest BCUT2D eigenvalue weighted by Crippen LogP contribution is 2.34. The predicted octanol–water partition coefficient (Wildman–Crippen LogP) is 7.77. The Hall–Kier alpha value is -5.53. The number of aromatic carboxylic acids is 1. The number of nitrogens with zero attached hydrogens (tertiary/aromatic N) is 6. The van der Waals surface area contributed by atoms with Crippen molar-refractivity contribution in [1.29, 1.82) is 0 Å². The first-order chi connectivity index (χ1) is 24.4. The van der Waals surface area contributed by atoms with E-state index in [0.29, 0.717) is 65.4 Å². The second kappa shape index (κ2) is 14.5. The first kappa shape index (κ1) is 33.0. The molecular formula is C37H33N7O4S2. The molecule has 7 rings (SSSR count). The summed E-state index contributed by atoms with van der Waals surface area (Å²) in [4.78, 5) is 50.6. The Labute approximate surface area is 296 Å². The van der Waals surface area contributed by atoms with Gasteiger partial charge in [-0.1, -0.05) is 35.6 Å². The van der Waals surface area contributed by atoms with Crippen LogP contribution in [0.1, 0.15) is 55.9 Å². The summed E-state index contributed by atoms with van der Waals surface area (Å²) in [6, 6.07) is 21.2. The van der Waals surface area contributed by atoms with E-state index in [2.05, 4.69) is 35.1 Å². The number of amides is 1. The van der Waals surface area contributed by atoms with Gasteiger partial charge in [-0.3, -0.25) is 15.1 Å². The van der Waals surface area contributed by atoms with Crippen LogP contribution in [0.25, 0.3) is 21.5 Å². The molecule has 50 heavy (non-hydrogen) atoms. The number of thiazole rings is 2. The number of carboxylic acid groups (broad SMARTS) is 1. The van der Waals surface area contributed by atoms with Crippen LogP contribution in [0.5, 0.6) is 5.75 Å². The number of nitrogens with one attached hydrogen (secondary N) is 1. The maximum absolute atomic E-state index is 13.5. The van der Waals surface area contributed by atoms with Crippen LogP contribution in [0.2, 0.25) is 0 Å². The first-order valence-corrected chi connectivity index (χ1v) is 17.8. The lowest BCUT2D eigenvalue weighted by molar-refractivity contribution is 0.0690. The molecule has 13 heteroatoms. The molecule has 0 saturated heterocycles. The number of ether oxygens (including phenoxy) is 1. The standard InChI is InChI=1S/C37H33N7O4S2/c1-3-38-31-22(2)39-21-40-32(31)24-13-15-25(16-14-24)48-19-7-12-30-33(35(46)47)42-37(50-30)44-18-17-23-8-6-9-26(27(23)20-44)34(45)43-36-41-28-10-4-5-11-29(28)49-36/h3-6,8-11,13-16,21H,7,12,17-20H2,1-2H3,(H,46,47)(H,41,43,45)/b38-3-. The van der Waals surface area contributed by atoms with Gasteiger partial charge in [-0.05, 0) is 86.7 Å². The Morgan fingerprint density at radius 3 is 2.68 bits per heavy atom. The van der Waals surface area contributed by atoms with Crippen LogP contribution in [-0.4, -0.2) is 56.3 Å². The number of aryl methyl sites for hydroxylation is 2. The van der Waals surface area contributed by atoms with Crippen molar-refractivity contribution in [2.24, 2.45) is 4.99 Å². The lowest BCUT2D eigenvalue weighted by atomic mass is 9.94. The number of hydrogen-bond acceptors (Lipinski definition) is 11. The maximum atomic E-state index is 13.5. The summed E-state index contributed by atoms with van der Waals surface area (Å²) in [5.74, 6) is -0.569. The molecule has 0 atom stereocenters. The lowest BCUT2D eigenvalue weighted by Crippen LogP contribution is -2.32. The van der Waals surface area contributed by atoms with Crippen molar-refractivity contribution in [1.82, 2.24) is 19.9 Å². The van der Waals surface area contributed by atoms with Gasteiger partial charge in [0.05, 0.1) is 28.2 Å². The van der Waals surface area contributed by atoms with E-state index < -0.39 is 5.97 Å². The highest BCUT2D eigenvalue weighted by molar-refractivity contribution is 7.22. The summed E-state index contributed by atoms with van der Waals surface area (Å²) >= 11 is 2.82. The molecule has 4 heterocycles. The zero-order valence-electron chi connectivity index (χ0n) is 27.4. The number of anilines is 2. The molecule has 1 amide bonds. The van der Waals surface area contributed by atoms with Crippen LogP contribution in [0.3, 0.4) is 0 Å².